The van der Waals surface area contributed by atoms with Crippen LogP contribution in [0.3, 0.4) is 0 Å². The van der Waals surface area contributed by atoms with Crippen LogP contribution in [0.25, 0.3) is 0 Å². The van der Waals surface area contributed by atoms with Crippen molar-refractivity contribution in [2.45, 2.75) is 6.92 Å². The molecule has 0 unspecified atom stereocenters. The number of carbonyl (C=O) groups excluding carboxylic acids is 2. The number of amides is 1. The first-order valence-electron chi connectivity index (χ1n) is 7.46. The van der Waals surface area contributed by atoms with E-state index in [0.29, 0.717) is 29.4 Å². The van der Waals surface area contributed by atoms with E-state index in [9.17, 15) is 9.59 Å². The first-order chi connectivity index (χ1) is 11.6. The predicted molar refractivity (Wildman–Crippen MR) is 89.5 cm³/mol. The summed E-state index contributed by atoms with van der Waals surface area (Å²) in [5.74, 6) is 0.463. The molecule has 2 aromatic carbocycles. The van der Waals surface area contributed by atoms with Crippen molar-refractivity contribution in [1.29, 1.82) is 0 Å². The first-order valence-corrected chi connectivity index (χ1v) is 7.46. The maximum atomic E-state index is 11.9. The van der Waals surface area contributed by atoms with Crippen molar-refractivity contribution in [3.63, 3.8) is 0 Å². The number of ether oxygens (including phenoxy) is 3. The molecule has 1 N–H and O–H groups in total. The lowest BCUT2D eigenvalue weighted by atomic mass is 10.2. The fraction of sp³-hybridized carbons (Fsp3) is 0.222. The van der Waals surface area contributed by atoms with Gasteiger partial charge in [-0.2, -0.15) is 0 Å². The zero-order chi connectivity index (χ0) is 17.4. The van der Waals surface area contributed by atoms with Gasteiger partial charge in [0, 0.05) is 11.8 Å². The molecule has 0 bridgehead atoms. The lowest BCUT2D eigenvalue weighted by Gasteiger charge is -2.09. The zero-order valence-corrected chi connectivity index (χ0v) is 13.6. The third-order valence-corrected chi connectivity index (χ3v) is 3.09. The van der Waals surface area contributed by atoms with Gasteiger partial charge >= 0.3 is 5.97 Å². The van der Waals surface area contributed by atoms with Crippen molar-refractivity contribution in [3.8, 4) is 11.5 Å². The van der Waals surface area contributed by atoms with E-state index in [0.717, 1.165) is 0 Å². The maximum Gasteiger partial charge on any atom is 0.338 e. The Bertz CT molecular complexity index is 697. The Labute approximate surface area is 140 Å². The van der Waals surface area contributed by atoms with Crippen molar-refractivity contribution in [3.05, 3.63) is 54.1 Å². The van der Waals surface area contributed by atoms with Gasteiger partial charge in [-0.1, -0.05) is 6.07 Å². The summed E-state index contributed by atoms with van der Waals surface area (Å²) in [5, 5.41) is 2.72. The number of hydrogen-bond donors (Lipinski definition) is 1. The summed E-state index contributed by atoms with van der Waals surface area (Å²) in [6, 6.07) is 13.5. The number of benzene rings is 2. The molecule has 0 saturated heterocycles. The van der Waals surface area contributed by atoms with Gasteiger partial charge in [0.25, 0.3) is 5.91 Å². The van der Waals surface area contributed by atoms with Crippen LogP contribution >= 0.6 is 0 Å². The highest BCUT2D eigenvalue weighted by Gasteiger charge is 2.08. The summed E-state index contributed by atoms with van der Waals surface area (Å²) < 4.78 is 15.4. The first kappa shape index (κ1) is 17.3. The molecule has 0 radical (unpaired) electrons. The molecule has 6 heteroatoms. The van der Waals surface area contributed by atoms with E-state index >= 15 is 0 Å². The fourth-order valence-electron chi connectivity index (χ4n) is 1.95. The number of anilines is 1. The number of esters is 1. The van der Waals surface area contributed by atoms with Crippen molar-refractivity contribution in [1.82, 2.24) is 0 Å². The van der Waals surface area contributed by atoms with Crippen molar-refractivity contribution in [2.24, 2.45) is 0 Å². The average Bonchev–Trinajstić information content (AvgIpc) is 2.61. The van der Waals surface area contributed by atoms with E-state index in [4.69, 9.17) is 14.2 Å². The Balaban J connectivity index is 1.86. The Morgan fingerprint density at radius 2 is 1.79 bits per heavy atom. The molecule has 0 aliphatic carbocycles. The number of methoxy groups -OCH3 is 1. The van der Waals surface area contributed by atoms with E-state index < -0.39 is 0 Å². The Morgan fingerprint density at radius 3 is 2.46 bits per heavy atom. The van der Waals surface area contributed by atoms with E-state index in [1.165, 1.54) is 0 Å². The van der Waals surface area contributed by atoms with Crippen molar-refractivity contribution < 1.29 is 23.8 Å². The zero-order valence-electron chi connectivity index (χ0n) is 13.6. The van der Waals surface area contributed by atoms with Gasteiger partial charge in [0.2, 0.25) is 0 Å². The summed E-state index contributed by atoms with van der Waals surface area (Å²) in [6.07, 6.45) is 0. The van der Waals surface area contributed by atoms with E-state index in [-0.39, 0.29) is 18.5 Å². The smallest absolute Gasteiger partial charge is 0.338 e. The molecule has 1 amide bonds. The van der Waals surface area contributed by atoms with Gasteiger partial charge in [0.05, 0.1) is 19.3 Å². The lowest BCUT2D eigenvalue weighted by Crippen LogP contribution is -2.20. The summed E-state index contributed by atoms with van der Waals surface area (Å²) in [6.45, 7) is 1.92. The van der Waals surface area contributed by atoms with Gasteiger partial charge in [-0.15, -0.1) is 0 Å². The molecular formula is C18H19NO5. The van der Waals surface area contributed by atoms with Gasteiger partial charge in [-0.25, -0.2) is 4.79 Å². The van der Waals surface area contributed by atoms with E-state index in [1.54, 1.807) is 62.6 Å². The second-order valence-corrected chi connectivity index (χ2v) is 4.81. The normalized spacial score (nSPS) is 9.92. The minimum absolute atomic E-state index is 0.143. The molecule has 0 spiro atoms. The lowest BCUT2D eigenvalue weighted by molar-refractivity contribution is -0.118. The van der Waals surface area contributed by atoms with Gasteiger partial charge in [-0.3, -0.25) is 4.79 Å². The van der Waals surface area contributed by atoms with Crippen LogP contribution in [0.4, 0.5) is 5.69 Å². The second-order valence-electron chi connectivity index (χ2n) is 4.81. The van der Waals surface area contributed by atoms with Crippen molar-refractivity contribution >= 4 is 17.6 Å². The average molecular weight is 329 g/mol. The van der Waals surface area contributed by atoms with Crippen LogP contribution in [-0.2, 0) is 9.53 Å². The van der Waals surface area contributed by atoms with Crippen LogP contribution in [0, 0.1) is 0 Å². The molecule has 0 heterocycles. The molecule has 0 fully saturated rings. The quantitative estimate of drug-likeness (QED) is 0.791. The molecule has 126 valence electrons. The number of rotatable bonds is 7. The number of carbonyl (C=O) groups is 2. The molecule has 0 aliphatic rings. The minimum atomic E-state index is -0.389. The van der Waals surface area contributed by atoms with Crippen LogP contribution in [0.5, 0.6) is 11.5 Å². The second kappa shape index (κ2) is 8.57. The Kier molecular flexibility index (Phi) is 6.19. The van der Waals surface area contributed by atoms with Crippen LogP contribution in [0.2, 0.25) is 0 Å². The van der Waals surface area contributed by atoms with Gasteiger partial charge < -0.3 is 19.5 Å². The Hall–Kier alpha value is -3.02. The highest BCUT2D eigenvalue weighted by molar-refractivity contribution is 5.92. The van der Waals surface area contributed by atoms with Crippen LogP contribution in [0.1, 0.15) is 17.3 Å². The number of hydrogen-bond acceptors (Lipinski definition) is 5. The van der Waals surface area contributed by atoms with E-state index in [2.05, 4.69) is 5.32 Å². The molecule has 2 rings (SSSR count). The van der Waals surface area contributed by atoms with Crippen LogP contribution in [0.15, 0.2) is 48.5 Å². The van der Waals surface area contributed by atoms with Crippen molar-refractivity contribution in [2.75, 3.05) is 25.6 Å². The monoisotopic (exact) mass is 329 g/mol. The van der Waals surface area contributed by atoms with Gasteiger partial charge in [0.1, 0.15) is 11.5 Å². The van der Waals surface area contributed by atoms with Crippen LogP contribution < -0.4 is 14.8 Å². The standard InChI is InChI=1S/C18H19NO5/c1-3-23-18(21)13-7-9-15(10-8-13)24-12-17(20)19-14-5-4-6-16(11-14)22-2/h4-11H,3,12H2,1-2H3,(H,19,20). The molecule has 0 saturated carbocycles. The minimum Gasteiger partial charge on any atom is -0.497 e. The third kappa shape index (κ3) is 5.01. The van der Waals surface area contributed by atoms with E-state index in [1.807, 2.05) is 0 Å². The Morgan fingerprint density at radius 1 is 1.04 bits per heavy atom. The molecule has 24 heavy (non-hydrogen) atoms. The molecule has 6 nitrogen and oxygen atoms in total. The molecule has 0 aromatic heterocycles. The largest absolute Gasteiger partial charge is 0.497 e. The molecule has 0 atom stereocenters. The maximum absolute atomic E-state index is 11.9. The molecule has 2 aromatic rings. The van der Waals surface area contributed by atoms with Crippen LogP contribution in [-0.4, -0.2) is 32.2 Å². The third-order valence-electron chi connectivity index (χ3n) is 3.09. The van der Waals surface area contributed by atoms with Gasteiger partial charge in [-0.05, 0) is 43.3 Å². The predicted octanol–water partition coefficient (Wildman–Crippen LogP) is 2.89. The summed E-state index contributed by atoms with van der Waals surface area (Å²) in [4.78, 5) is 23.4. The fourth-order valence-corrected chi connectivity index (χ4v) is 1.95. The molecular weight excluding hydrogens is 310 g/mol. The number of nitrogens with one attached hydrogen (secondary N) is 1. The highest BCUT2D eigenvalue weighted by Crippen LogP contribution is 2.17. The molecule has 0 aliphatic heterocycles. The topological polar surface area (TPSA) is 73.9 Å². The van der Waals surface area contributed by atoms with Gasteiger partial charge in [0.15, 0.2) is 6.61 Å². The summed E-state index contributed by atoms with van der Waals surface area (Å²) in [5.41, 5.74) is 1.06. The SMILES string of the molecule is CCOC(=O)c1ccc(OCC(=O)Nc2cccc(OC)c2)cc1. The summed E-state index contributed by atoms with van der Waals surface area (Å²) in [7, 11) is 1.56. The summed E-state index contributed by atoms with van der Waals surface area (Å²) >= 11 is 0. The highest BCUT2D eigenvalue weighted by atomic mass is 16.5.